The lowest BCUT2D eigenvalue weighted by atomic mass is 10.2. The molecule has 0 radical (unpaired) electrons. The molecule has 1 aromatic rings. The SMILES string of the molecule is C=C[n+]1c(C(C)=O)c(C)n(CCC)c1N=C. The van der Waals surface area contributed by atoms with Crippen LogP contribution in [0.1, 0.15) is 36.5 Å². The highest BCUT2D eigenvalue weighted by Gasteiger charge is 2.26. The first-order valence-corrected chi connectivity index (χ1v) is 5.33. The predicted molar refractivity (Wildman–Crippen MR) is 65.3 cm³/mol. The van der Waals surface area contributed by atoms with Crippen LogP contribution in [-0.4, -0.2) is 17.1 Å². The third kappa shape index (κ3) is 1.83. The number of rotatable bonds is 5. The molecule has 16 heavy (non-hydrogen) atoms. The van der Waals surface area contributed by atoms with Crippen LogP contribution in [0, 0.1) is 6.92 Å². The van der Waals surface area contributed by atoms with Gasteiger partial charge < -0.3 is 0 Å². The highest BCUT2D eigenvalue weighted by atomic mass is 16.1. The van der Waals surface area contributed by atoms with E-state index in [1.807, 2.05) is 11.5 Å². The highest BCUT2D eigenvalue weighted by molar-refractivity contribution is 5.92. The van der Waals surface area contributed by atoms with Crippen molar-refractivity contribution in [2.75, 3.05) is 0 Å². The molecule has 0 N–H and O–H groups in total. The van der Waals surface area contributed by atoms with Crippen LogP contribution in [0.25, 0.3) is 6.20 Å². The van der Waals surface area contributed by atoms with Gasteiger partial charge in [0.15, 0.2) is 11.5 Å². The zero-order valence-corrected chi connectivity index (χ0v) is 10.2. The Morgan fingerprint density at radius 2 is 2.25 bits per heavy atom. The summed E-state index contributed by atoms with van der Waals surface area (Å²) in [6, 6.07) is 0. The molecule has 0 spiro atoms. The molecule has 4 nitrogen and oxygen atoms in total. The topological polar surface area (TPSA) is 38.2 Å². The van der Waals surface area contributed by atoms with Gasteiger partial charge in [0.1, 0.15) is 5.69 Å². The fourth-order valence-electron chi connectivity index (χ4n) is 1.93. The Kier molecular flexibility index (Phi) is 3.77. The van der Waals surface area contributed by atoms with Crippen LogP contribution in [0.2, 0.25) is 0 Å². The van der Waals surface area contributed by atoms with E-state index in [2.05, 4.69) is 25.2 Å². The number of carbonyl (C=O) groups is 1. The molecule has 0 aromatic carbocycles. The maximum Gasteiger partial charge on any atom is 0.403 e. The lowest BCUT2D eigenvalue weighted by Crippen LogP contribution is -2.31. The maximum atomic E-state index is 11.6. The van der Waals surface area contributed by atoms with E-state index in [-0.39, 0.29) is 5.78 Å². The summed E-state index contributed by atoms with van der Waals surface area (Å²) in [5.74, 6) is 0.678. The minimum Gasteiger partial charge on any atom is -0.291 e. The van der Waals surface area contributed by atoms with Crippen LogP contribution in [0.3, 0.4) is 0 Å². The third-order valence-corrected chi connectivity index (χ3v) is 2.55. The summed E-state index contributed by atoms with van der Waals surface area (Å²) < 4.78 is 3.69. The standard InChI is InChI=1S/C12H18N3O/c1-6-8-15-9(3)11(10(4)16)14(7-2)12(15)13-5/h7H,2,5-6,8H2,1,3-4H3/q+1. The van der Waals surface area contributed by atoms with Crippen LogP contribution in [-0.2, 0) is 6.54 Å². The molecule has 0 atom stereocenters. The molecule has 4 heteroatoms. The van der Waals surface area contributed by atoms with Gasteiger partial charge in [-0.15, -0.1) is 0 Å². The van der Waals surface area contributed by atoms with Gasteiger partial charge in [0.2, 0.25) is 0 Å². The summed E-state index contributed by atoms with van der Waals surface area (Å²) in [6.07, 6.45) is 2.58. The summed E-state index contributed by atoms with van der Waals surface area (Å²) in [5.41, 5.74) is 1.54. The maximum absolute atomic E-state index is 11.6. The molecule has 0 aliphatic carbocycles. The van der Waals surface area contributed by atoms with Crippen LogP contribution < -0.4 is 4.57 Å². The Morgan fingerprint density at radius 1 is 1.62 bits per heavy atom. The summed E-state index contributed by atoms with van der Waals surface area (Å²) in [4.78, 5) is 15.6. The summed E-state index contributed by atoms with van der Waals surface area (Å²) in [5, 5.41) is 0. The number of carbonyl (C=O) groups excluding carboxylic acids is 1. The van der Waals surface area contributed by atoms with Crippen LogP contribution in [0.5, 0.6) is 0 Å². The normalized spacial score (nSPS) is 10.2. The molecule has 86 valence electrons. The predicted octanol–water partition coefficient (Wildman–Crippen LogP) is 2.13. The van der Waals surface area contributed by atoms with E-state index >= 15 is 0 Å². The van der Waals surface area contributed by atoms with Crippen LogP contribution in [0.15, 0.2) is 11.6 Å². The van der Waals surface area contributed by atoms with Crippen molar-refractivity contribution in [1.82, 2.24) is 4.57 Å². The second-order valence-corrected chi connectivity index (χ2v) is 3.65. The molecule has 0 aliphatic heterocycles. The molecule has 0 bridgehead atoms. The van der Waals surface area contributed by atoms with Gasteiger partial charge in [0.25, 0.3) is 0 Å². The van der Waals surface area contributed by atoms with Crippen molar-refractivity contribution in [3.63, 3.8) is 0 Å². The average molecular weight is 220 g/mol. The van der Waals surface area contributed by atoms with E-state index in [4.69, 9.17) is 0 Å². The molecule has 0 saturated heterocycles. The lowest BCUT2D eigenvalue weighted by Gasteiger charge is -1.97. The number of hydrogen-bond acceptors (Lipinski definition) is 2. The minimum atomic E-state index is 0.0113. The molecule has 1 heterocycles. The van der Waals surface area contributed by atoms with E-state index in [9.17, 15) is 4.79 Å². The Morgan fingerprint density at radius 3 is 2.62 bits per heavy atom. The third-order valence-electron chi connectivity index (χ3n) is 2.55. The quantitative estimate of drug-likeness (QED) is 0.425. The molecular formula is C12H18N3O+. The van der Waals surface area contributed by atoms with Crippen LogP contribution in [0.4, 0.5) is 5.95 Å². The number of nitrogens with zero attached hydrogens (tertiary/aromatic N) is 3. The Labute approximate surface area is 95.9 Å². The molecule has 0 amide bonds. The van der Waals surface area contributed by atoms with Crippen molar-refractivity contribution in [3.8, 4) is 0 Å². The largest absolute Gasteiger partial charge is 0.403 e. The lowest BCUT2D eigenvalue weighted by molar-refractivity contribution is -0.555. The van der Waals surface area contributed by atoms with Crippen molar-refractivity contribution in [2.24, 2.45) is 4.99 Å². The Bertz CT molecular complexity index is 444. The van der Waals surface area contributed by atoms with Crippen LogP contribution >= 0.6 is 0 Å². The molecule has 0 saturated carbocycles. The van der Waals surface area contributed by atoms with Crippen molar-refractivity contribution >= 4 is 24.6 Å². The van der Waals surface area contributed by atoms with Gasteiger partial charge in [0, 0.05) is 6.92 Å². The van der Waals surface area contributed by atoms with Crippen molar-refractivity contribution in [2.45, 2.75) is 33.7 Å². The Hall–Kier alpha value is -1.71. The van der Waals surface area contributed by atoms with Gasteiger partial charge in [-0.05, 0) is 13.3 Å². The van der Waals surface area contributed by atoms with E-state index in [1.165, 1.54) is 0 Å². The van der Waals surface area contributed by atoms with Crippen molar-refractivity contribution in [1.29, 1.82) is 0 Å². The molecular weight excluding hydrogens is 202 g/mol. The highest BCUT2D eigenvalue weighted by Crippen LogP contribution is 2.17. The molecule has 1 aromatic heterocycles. The van der Waals surface area contributed by atoms with Gasteiger partial charge in [0.05, 0.1) is 19.5 Å². The fourth-order valence-corrected chi connectivity index (χ4v) is 1.93. The van der Waals surface area contributed by atoms with E-state index < -0.39 is 0 Å². The zero-order valence-electron chi connectivity index (χ0n) is 10.2. The number of hydrogen-bond donors (Lipinski definition) is 0. The van der Waals surface area contributed by atoms with Crippen molar-refractivity contribution < 1.29 is 9.36 Å². The zero-order chi connectivity index (χ0) is 12.3. The van der Waals surface area contributed by atoms with Gasteiger partial charge in [-0.1, -0.05) is 18.5 Å². The Balaban J connectivity index is 3.56. The first kappa shape index (κ1) is 12.4. The summed E-state index contributed by atoms with van der Waals surface area (Å²) in [7, 11) is 0. The van der Waals surface area contributed by atoms with Gasteiger partial charge in [-0.3, -0.25) is 4.79 Å². The van der Waals surface area contributed by atoms with Gasteiger partial charge in [-0.2, -0.15) is 4.57 Å². The first-order chi connectivity index (χ1) is 7.58. The fraction of sp³-hybridized carbons (Fsp3) is 0.417. The van der Waals surface area contributed by atoms with Gasteiger partial charge in [-0.25, -0.2) is 4.57 Å². The van der Waals surface area contributed by atoms with E-state index in [0.29, 0.717) is 11.6 Å². The monoisotopic (exact) mass is 220 g/mol. The molecule has 0 aliphatic rings. The molecule has 1 rings (SSSR count). The van der Waals surface area contributed by atoms with Gasteiger partial charge >= 0.3 is 5.95 Å². The second kappa shape index (κ2) is 4.88. The number of Topliss-reactive ketones (excluding diaryl/α,β-unsaturated/α-hetero) is 1. The number of aromatic nitrogens is 2. The van der Waals surface area contributed by atoms with E-state index in [1.54, 1.807) is 17.7 Å². The molecule has 0 unspecified atom stereocenters. The number of ketones is 1. The minimum absolute atomic E-state index is 0.0113. The summed E-state index contributed by atoms with van der Waals surface area (Å²) >= 11 is 0. The summed E-state index contributed by atoms with van der Waals surface area (Å²) in [6.45, 7) is 13.6. The van der Waals surface area contributed by atoms with E-state index in [0.717, 1.165) is 18.7 Å². The first-order valence-electron chi connectivity index (χ1n) is 5.33. The average Bonchev–Trinajstić information content (AvgIpc) is 2.52. The van der Waals surface area contributed by atoms with Crippen molar-refractivity contribution in [3.05, 3.63) is 18.0 Å². The second-order valence-electron chi connectivity index (χ2n) is 3.65. The smallest absolute Gasteiger partial charge is 0.291 e. The number of imidazole rings is 1. The number of aliphatic imine (C=N–C) groups is 1. The molecule has 0 fully saturated rings.